The van der Waals surface area contributed by atoms with E-state index in [-0.39, 0.29) is 5.91 Å². The van der Waals surface area contributed by atoms with E-state index in [1.54, 1.807) is 0 Å². The number of aryl methyl sites for hydroxylation is 2. The molecule has 1 unspecified atom stereocenters. The normalized spacial score (nSPS) is 19.3. The van der Waals surface area contributed by atoms with Crippen LogP contribution < -0.4 is 11.1 Å². The first-order valence-electron chi connectivity index (χ1n) is 7.08. The SMILES string of the molecule is Cc1cc(C)cc(C(C)(NC2CCCC2)C(N)=O)c1. The molecule has 1 aromatic carbocycles. The molecule has 0 aliphatic heterocycles. The van der Waals surface area contributed by atoms with E-state index in [0.29, 0.717) is 6.04 Å². The second-order valence-corrected chi connectivity index (χ2v) is 5.99. The molecule has 3 N–H and O–H groups in total. The van der Waals surface area contributed by atoms with Gasteiger partial charge in [-0.05, 0) is 39.2 Å². The Hall–Kier alpha value is -1.35. The van der Waals surface area contributed by atoms with Gasteiger partial charge < -0.3 is 5.73 Å². The predicted octanol–water partition coefficient (Wildman–Crippen LogP) is 2.54. The van der Waals surface area contributed by atoms with Gasteiger partial charge in [0.25, 0.3) is 0 Å². The van der Waals surface area contributed by atoms with Crippen molar-refractivity contribution in [2.24, 2.45) is 5.73 Å². The predicted molar refractivity (Wildman–Crippen MR) is 77.9 cm³/mol. The van der Waals surface area contributed by atoms with Gasteiger partial charge >= 0.3 is 0 Å². The Balaban J connectivity index is 2.34. The largest absolute Gasteiger partial charge is 0.368 e. The maximum atomic E-state index is 12.0. The highest BCUT2D eigenvalue weighted by molar-refractivity contribution is 5.85. The molecule has 1 aromatic rings. The fourth-order valence-electron chi connectivity index (χ4n) is 3.04. The fourth-order valence-corrected chi connectivity index (χ4v) is 3.04. The average molecular weight is 260 g/mol. The Morgan fingerprint density at radius 3 is 2.21 bits per heavy atom. The number of benzene rings is 1. The molecule has 0 aromatic heterocycles. The number of carbonyl (C=O) groups is 1. The van der Waals surface area contributed by atoms with Crippen molar-refractivity contribution in [3.8, 4) is 0 Å². The molecule has 0 radical (unpaired) electrons. The third kappa shape index (κ3) is 2.98. The highest BCUT2D eigenvalue weighted by atomic mass is 16.1. The van der Waals surface area contributed by atoms with Crippen LogP contribution in [0.15, 0.2) is 18.2 Å². The molecule has 1 amide bonds. The summed E-state index contributed by atoms with van der Waals surface area (Å²) in [6.45, 7) is 6.00. The van der Waals surface area contributed by atoms with Crippen molar-refractivity contribution in [2.45, 2.75) is 58.0 Å². The zero-order chi connectivity index (χ0) is 14.0. The van der Waals surface area contributed by atoms with Crippen molar-refractivity contribution in [1.29, 1.82) is 0 Å². The first-order valence-corrected chi connectivity index (χ1v) is 7.08. The summed E-state index contributed by atoms with van der Waals surface area (Å²) in [6.07, 6.45) is 4.74. The lowest BCUT2D eigenvalue weighted by atomic mass is 9.88. The van der Waals surface area contributed by atoms with Gasteiger partial charge in [-0.1, -0.05) is 42.2 Å². The monoisotopic (exact) mass is 260 g/mol. The quantitative estimate of drug-likeness (QED) is 0.874. The summed E-state index contributed by atoms with van der Waals surface area (Å²) in [4.78, 5) is 12.0. The van der Waals surface area contributed by atoms with Crippen molar-refractivity contribution >= 4 is 5.91 Å². The van der Waals surface area contributed by atoms with E-state index in [0.717, 1.165) is 29.5 Å². The van der Waals surface area contributed by atoms with Gasteiger partial charge in [0.1, 0.15) is 5.54 Å². The number of nitrogens with two attached hydrogens (primary N) is 1. The summed E-state index contributed by atoms with van der Waals surface area (Å²) in [6, 6.07) is 6.62. The van der Waals surface area contributed by atoms with E-state index in [1.807, 2.05) is 20.8 Å². The molecule has 19 heavy (non-hydrogen) atoms. The molecule has 1 saturated carbocycles. The topological polar surface area (TPSA) is 55.1 Å². The van der Waals surface area contributed by atoms with Crippen LogP contribution in [0.4, 0.5) is 0 Å². The summed E-state index contributed by atoms with van der Waals surface area (Å²) in [5.41, 5.74) is 8.21. The Morgan fingerprint density at radius 2 is 1.74 bits per heavy atom. The summed E-state index contributed by atoms with van der Waals surface area (Å²) < 4.78 is 0. The van der Waals surface area contributed by atoms with Gasteiger partial charge in [0.15, 0.2) is 0 Å². The number of nitrogens with one attached hydrogen (secondary N) is 1. The molecule has 1 fully saturated rings. The number of carbonyl (C=O) groups excluding carboxylic acids is 1. The molecule has 3 heteroatoms. The minimum atomic E-state index is -0.772. The Kier molecular flexibility index (Phi) is 3.95. The van der Waals surface area contributed by atoms with Crippen molar-refractivity contribution < 1.29 is 4.79 Å². The zero-order valence-electron chi connectivity index (χ0n) is 12.1. The lowest BCUT2D eigenvalue weighted by molar-refractivity contribution is -0.124. The summed E-state index contributed by atoms with van der Waals surface area (Å²) in [7, 11) is 0. The van der Waals surface area contributed by atoms with Crippen molar-refractivity contribution in [2.75, 3.05) is 0 Å². The third-order valence-electron chi connectivity index (χ3n) is 4.14. The van der Waals surface area contributed by atoms with Gasteiger partial charge in [0, 0.05) is 6.04 Å². The maximum absolute atomic E-state index is 12.0. The first kappa shape index (κ1) is 14.1. The Labute approximate surface area is 115 Å². The molecule has 0 bridgehead atoms. The van der Waals surface area contributed by atoms with E-state index < -0.39 is 5.54 Å². The summed E-state index contributed by atoms with van der Waals surface area (Å²) in [5, 5.41) is 3.49. The van der Waals surface area contributed by atoms with Gasteiger partial charge in [-0.2, -0.15) is 0 Å². The third-order valence-corrected chi connectivity index (χ3v) is 4.14. The molecule has 1 aliphatic rings. The number of amides is 1. The van der Waals surface area contributed by atoms with Crippen LogP contribution in [-0.2, 0) is 10.3 Å². The van der Waals surface area contributed by atoms with Gasteiger partial charge in [-0.15, -0.1) is 0 Å². The number of hydrogen-bond donors (Lipinski definition) is 2. The molecular formula is C16H24N2O. The van der Waals surface area contributed by atoms with Crippen LogP contribution >= 0.6 is 0 Å². The van der Waals surface area contributed by atoms with Crippen molar-refractivity contribution in [3.63, 3.8) is 0 Å². The number of primary amides is 1. The van der Waals surface area contributed by atoms with Crippen LogP contribution in [0.2, 0.25) is 0 Å². The van der Waals surface area contributed by atoms with Crippen molar-refractivity contribution in [1.82, 2.24) is 5.32 Å². The lowest BCUT2D eigenvalue weighted by Gasteiger charge is -2.32. The van der Waals surface area contributed by atoms with Gasteiger partial charge in [-0.25, -0.2) is 0 Å². The van der Waals surface area contributed by atoms with Crippen LogP contribution in [0.3, 0.4) is 0 Å². The molecule has 0 saturated heterocycles. The first-order chi connectivity index (χ1) is 8.91. The maximum Gasteiger partial charge on any atom is 0.242 e. The van der Waals surface area contributed by atoms with E-state index in [1.165, 1.54) is 12.8 Å². The number of rotatable bonds is 4. The minimum absolute atomic E-state index is 0.301. The van der Waals surface area contributed by atoms with Crippen LogP contribution in [0, 0.1) is 13.8 Å². The van der Waals surface area contributed by atoms with Crippen LogP contribution in [-0.4, -0.2) is 11.9 Å². The second-order valence-electron chi connectivity index (χ2n) is 5.99. The molecule has 2 rings (SSSR count). The summed E-state index contributed by atoms with van der Waals surface area (Å²) >= 11 is 0. The van der Waals surface area contributed by atoms with Gasteiger partial charge in [-0.3, -0.25) is 10.1 Å². The minimum Gasteiger partial charge on any atom is -0.368 e. The van der Waals surface area contributed by atoms with E-state index in [4.69, 9.17) is 5.73 Å². The fraction of sp³-hybridized carbons (Fsp3) is 0.562. The lowest BCUT2D eigenvalue weighted by Crippen LogP contribution is -2.53. The average Bonchev–Trinajstić information content (AvgIpc) is 2.79. The van der Waals surface area contributed by atoms with E-state index >= 15 is 0 Å². The van der Waals surface area contributed by atoms with Crippen LogP contribution in [0.1, 0.15) is 49.3 Å². The Morgan fingerprint density at radius 1 is 1.21 bits per heavy atom. The standard InChI is InChI=1S/C16H24N2O/c1-11-8-12(2)10-13(9-11)16(3,15(17)19)18-14-6-4-5-7-14/h8-10,14,18H,4-7H2,1-3H3,(H2,17,19). The summed E-state index contributed by atoms with van der Waals surface area (Å²) in [5.74, 6) is -0.301. The second kappa shape index (κ2) is 5.33. The van der Waals surface area contributed by atoms with Gasteiger partial charge in [0.2, 0.25) is 5.91 Å². The molecular weight excluding hydrogens is 236 g/mol. The molecule has 0 heterocycles. The molecule has 1 atom stereocenters. The number of hydrogen-bond acceptors (Lipinski definition) is 2. The Bertz CT molecular complexity index is 457. The molecule has 3 nitrogen and oxygen atoms in total. The molecule has 104 valence electrons. The van der Waals surface area contributed by atoms with E-state index in [9.17, 15) is 4.79 Å². The van der Waals surface area contributed by atoms with Gasteiger partial charge in [0.05, 0.1) is 0 Å². The van der Waals surface area contributed by atoms with Crippen LogP contribution in [0.25, 0.3) is 0 Å². The highest BCUT2D eigenvalue weighted by Gasteiger charge is 2.36. The zero-order valence-corrected chi connectivity index (χ0v) is 12.1. The molecule has 1 aliphatic carbocycles. The van der Waals surface area contributed by atoms with Crippen molar-refractivity contribution in [3.05, 3.63) is 34.9 Å². The van der Waals surface area contributed by atoms with E-state index in [2.05, 4.69) is 23.5 Å². The molecule has 0 spiro atoms. The highest BCUT2D eigenvalue weighted by Crippen LogP contribution is 2.27. The smallest absolute Gasteiger partial charge is 0.242 e. The van der Waals surface area contributed by atoms with Crippen LogP contribution in [0.5, 0.6) is 0 Å².